The number of hydrogen-bond acceptors (Lipinski definition) is 7. The van der Waals surface area contributed by atoms with Crippen LogP contribution < -0.4 is 10.1 Å². The number of ether oxygens (including phenoxy) is 3. The van der Waals surface area contributed by atoms with Crippen molar-refractivity contribution in [2.45, 2.75) is 32.4 Å². The van der Waals surface area contributed by atoms with Crippen LogP contribution in [-0.4, -0.2) is 62.5 Å². The summed E-state index contributed by atoms with van der Waals surface area (Å²) in [5, 5.41) is 3.30. The van der Waals surface area contributed by atoms with Gasteiger partial charge in [0, 0.05) is 7.05 Å². The number of hydroxylamine groups is 2. The largest absolute Gasteiger partial charge is 0.496 e. The number of nitrogens with zero attached hydrogens (tertiary/aromatic N) is 1. The molecule has 1 atom stereocenters. The molecule has 1 rings (SSSR count). The zero-order chi connectivity index (χ0) is 20.6. The fourth-order valence-electron chi connectivity index (χ4n) is 1.98. The lowest BCUT2D eigenvalue weighted by Crippen LogP contribution is -2.51. The Morgan fingerprint density at radius 3 is 2.33 bits per heavy atom. The number of carbonyl (C=O) groups excluding carboxylic acids is 3. The maximum atomic E-state index is 12.4. The average Bonchev–Trinajstić information content (AvgIpc) is 2.61. The molecule has 9 heteroatoms. The first-order chi connectivity index (χ1) is 12.6. The fourth-order valence-corrected chi connectivity index (χ4v) is 1.98. The standard InChI is InChI=1S/C18H26N2O7/c1-18(2,3)27-17(23)19-13(15(21)20(4)25-6)11-26-16(22)12-9-7-8-10-14(12)24-5/h7-10,13H,11H2,1-6H3,(H,19,23)/t13-/m1/s1. The molecule has 0 bridgehead atoms. The molecule has 0 aliphatic carbocycles. The minimum atomic E-state index is -1.19. The Labute approximate surface area is 158 Å². The number of alkyl carbamates (subject to hydrolysis) is 1. The first-order valence-corrected chi connectivity index (χ1v) is 8.20. The van der Waals surface area contributed by atoms with E-state index in [1.165, 1.54) is 27.3 Å². The van der Waals surface area contributed by atoms with Crippen molar-refractivity contribution in [2.24, 2.45) is 0 Å². The average molecular weight is 382 g/mol. The SMILES string of the molecule is COc1ccccc1C(=O)OC[C@@H](NC(=O)OC(C)(C)C)C(=O)N(C)OC. The molecule has 0 saturated carbocycles. The smallest absolute Gasteiger partial charge is 0.408 e. The number of rotatable bonds is 7. The van der Waals surface area contributed by atoms with Gasteiger partial charge in [-0.3, -0.25) is 9.63 Å². The molecule has 0 heterocycles. The van der Waals surface area contributed by atoms with Gasteiger partial charge in [0.1, 0.15) is 29.6 Å². The van der Waals surface area contributed by atoms with E-state index in [2.05, 4.69) is 5.32 Å². The number of hydrogen-bond donors (Lipinski definition) is 1. The van der Waals surface area contributed by atoms with E-state index < -0.39 is 36.2 Å². The van der Waals surface area contributed by atoms with Gasteiger partial charge in [0.05, 0.1) is 14.2 Å². The molecule has 0 spiro atoms. The summed E-state index contributed by atoms with van der Waals surface area (Å²) >= 11 is 0. The lowest BCUT2D eigenvalue weighted by Gasteiger charge is -2.25. The van der Waals surface area contributed by atoms with E-state index in [0.29, 0.717) is 5.75 Å². The Bertz CT molecular complexity index is 670. The van der Waals surface area contributed by atoms with Crippen molar-refractivity contribution in [3.05, 3.63) is 29.8 Å². The van der Waals surface area contributed by atoms with E-state index in [0.717, 1.165) is 5.06 Å². The Balaban J connectivity index is 2.86. The third kappa shape index (κ3) is 7.14. The van der Waals surface area contributed by atoms with E-state index in [-0.39, 0.29) is 5.56 Å². The summed E-state index contributed by atoms with van der Waals surface area (Å²) in [5.41, 5.74) is -0.553. The third-order valence-corrected chi connectivity index (χ3v) is 3.28. The third-order valence-electron chi connectivity index (χ3n) is 3.28. The van der Waals surface area contributed by atoms with Crippen molar-refractivity contribution in [1.82, 2.24) is 10.4 Å². The fraction of sp³-hybridized carbons (Fsp3) is 0.500. The molecule has 2 amide bonds. The molecule has 0 aliphatic rings. The molecule has 0 unspecified atom stereocenters. The first kappa shape index (κ1) is 22.2. The maximum Gasteiger partial charge on any atom is 0.408 e. The topological polar surface area (TPSA) is 103 Å². The summed E-state index contributed by atoms with van der Waals surface area (Å²) in [6.45, 7) is 4.65. The highest BCUT2D eigenvalue weighted by atomic mass is 16.7. The number of carbonyl (C=O) groups is 3. The van der Waals surface area contributed by atoms with Gasteiger partial charge in [-0.1, -0.05) is 12.1 Å². The molecule has 1 aromatic carbocycles. The van der Waals surface area contributed by atoms with Crippen LogP contribution in [0.3, 0.4) is 0 Å². The van der Waals surface area contributed by atoms with E-state index in [9.17, 15) is 14.4 Å². The van der Waals surface area contributed by atoms with Gasteiger partial charge in [-0.2, -0.15) is 0 Å². The van der Waals surface area contributed by atoms with Crippen molar-refractivity contribution in [3.63, 3.8) is 0 Å². The Morgan fingerprint density at radius 1 is 1.15 bits per heavy atom. The normalized spacial score (nSPS) is 11.9. The van der Waals surface area contributed by atoms with E-state index >= 15 is 0 Å². The number of methoxy groups -OCH3 is 1. The quantitative estimate of drug-likeness (QED) is 0.566. The van der Waals surface area contributed by atoms with Crippen LogP contribution in [0.25, 0.3) is 0 Å². The molecule has 0 aliphatic heterocycles. The Hall–Kier alpha value is -2.81. The molecule has 9 nitrogen and oxygen atoms in total. The molecule has 0 radical (unpaired) electrons. The van der Waals surface area contributed by atoms with E-state index in [1.807, 2.05) is 0 Å². The van der Waals surface area contributed by atoms with Crippen molar-refractivity contribution in [2.75, 3.05) is 27.9 Å². The summed E-state index contributed by atoms with van der Waals surface area (Å²) < 4.78 is 15.4. The molecule has 150 valence electrons. The minimum absolute atomic E-state index is 0.198. The van der Waals surface area contributed by atoms with Gasteiger partial charge in [-0.15, -0.1) is 0 Å². The van der Waals surface area contributed by atoms with Crippen LogP contribution in [0.15, 0.2) is 24.3 Å². The second-order valence-corrected chi connectivity index (χ2v) is 6.52. The van der Waals surface area contributed by atoms with Crippen LogP contribution in [0.4, 0.5) is 4.79 Å². The maximum absolute atomic E-state index is 12.4. The molecular formula is C18H26N2O7. The molecule has 0 aromatic heterocycles. The predicted octanol–water partition coefficient (Wildman–Crippen LogP) is 1.77. The zero-order valence-corrected chi connectivity index (χ0v) is 16.4. The van der Waals surface area contributed by atoms with Crippen molar-refractivity contribution < 1.29 is 33.4 Å². The number of nitrogens with one attached hydrogen (secondary N) is 1. The number of para-hydroxylation sites is 1. The first-order valence-electron chi connectivity index (χ1n) is 8.20. The van der Waals surface area contributed by atoms with Gasteiger partial charge in [0.25, 0.3) is 5.91 Å². The van der Waals surface area contributed by atoms with Crippen LogP contribution in [0.1, 0.15) is 31.1 Å². The van der Waals surface area contributed by atoms with Crippen LogP contribution in [0.5, 0.6) is 5.75 Å². The number of likely N-dealkylation sites (N-methyl/N-ethyl adjacent to an activating group) is 1. The Morgan fingerprint density at radius 2 is 1.78 bits per heavy atom. The second kappa shape index (κ2) is 9.77. The number of benzene rings is 1. The summed E-state index contributed by atoms with van der Waals surface area (Å²) in [6.07, 6.45) is -0.821. The Kier molecular flexibility index (Phi) is 8.04. The van der Waals surface area contributed by atoms with E-state index in [4.69, 9.17) is 19.0 Å². The van der Waals surface area contributed by atoms with Gasteiger partial charge in [-0.25, -0.2) is 14.7 Å². The van der Waals surface area contributed by atoms with Crippen molar-refractivity contribution >= 4 is 18.0 Å². The molecular weight excluding hydrogens is 356 g/mol. The van der Waals surface area contributed by atoms with Gasteiger partial charge in [0.2, 0.25) is 0 Å². The van der Waals surface area contributed by atoms with Crippen LogP contribution in [0.2, 0.25) is 0 Å². The van der Waals surface area contributed by atoms with Crippen LogP contribution in [-0.2, 0) is 19.1 Å². The monoisotopic (exact) mass is 382 g/mol. The van der Waals surface area contributed by atoms with Gasteiger partial charge >= 0.3 is 12.1 Å². The summed E-state index contributed by atoms with van der Waals surface area (Å²) in [6, 6.07) is 5.31. The molecule has 1 N–H and O–H groups in total. The summed E-state index contributed by atoms with van der Waals surface area (Å²) in [7, 11) is 4.09. The van der Waals surface area contributed by atoms with Gasteiger partial charge in [-0.05, 0) is 32.9 Å². The van der Waals surface area contributed by atoms with Crippen LogP contribution in [0, 0.1) is 0 Å². The number of amides is 2. The molecule has 0 fully saturated rings. The van der Waals surface area contributed by atoms with Crippen molar-refractivity contribution in [3.8, 4) is 5.75 Å². The molecule has 0 saturated heterocycles. The highest BCUT2D eigenvalue weighted by Gasteiger charge is 2.29. The zero-order valence-electron chi connectivity index (χ0n) is 16.4. The lowest BCUT2D eigenvalue weighted by atomic mass is 10.2. The predicted molar refractivity (Wildman–Crippen MR) is 96.2 cm³/mol. The minimum Gasteiger partial charge on any atom is -0.496 e. The lowest BCUT2D eigenvalue weighted by molar-refractivity contribution is -0.171. The molecule has 27 heavy (non-hydrogen) atoms. The highest BCUT2D eigenvalue weighted by molar-refractivity contribution is 5.93. The highest BCUT2D eigenvalue weighted by Crippen LogP contribution is 2.18. The summed E-state index contributed by atoms with van der Waals surface area (Å²) in [4.78, 5) is 41.5. The van der Waals surface area contributed by atoms with Crippen LogP contribution >= 0.6 is 0 Å². The number of esters is 1. The van der Waals surface area contributed by atoms with Crippen molar-refractivity contribution in [1.29, 1.82) is 0 Å². The molecule has 1 aromatic rings. The van der Waals surface area contributed by atoms with Gasteiger partial charge in [0.15, 0.2) is 0 Å². The summed E-state index contributed by atoms with van der Waals surface area (Å²) in [5.74, 6) is -0.980. The second-order valence-electron chi connectivity index (χ2n) is 6.52. The van der Waals surface area contributed by atoms with E-state index in [1.54, 1.807) is 39.0 Å². The van der Waals surface area contributed by atoms with Gasteiger partial charge < -0.3 is 19.5 Å².